The maximum Gasteiger partial charge on any atom is 0.161 e. The van der Waals surface area contributed by atoms with Crippen LogP contribution in [0.5, 0.6) is 0 Å². The minimum atomic E-state index is -0.103. The van der Waals surface area contributed by atoms with Gasteiger partial charge < -0.3 is 18.0 Å². The van der Waals surface area contributed by atoms with Gasteiger partial charge in [-0.25, -0.2) is 0 Å². The molecule has 0 bridgehead atoms. The zero-order chi connectivity index (χ0) is 43.0. The van der Waals surface area contributed by atoms with Crippen molar-refractivity contribution in [3.8, 4) is 55.9 Å². The van der Waals surface area contributed by atoms with Crippen molar-refractivity contribution >= 4 is 65.9 Å². The van der Waals surface area contributed by atoms with Crippen LogP contribution in [-0.2, 0) is 5.41 Å². The Kier molecular flexibility index (Phi) is 7.42. The lowest BCUT2D eigenvalue weighted by Crippen LogP contribution is -2.15. The molecule has 0 aliphatic heterocycles. The highest BCUT2D eigenvalue weighted by molar-refractivity contribution is 6.18. The van der Waals surface area contributed by atoms with Crippen LogP contribution in [0.4, 0.5) is 0 Å². The van der Waals surface area contributed by atoms with Gasteiger partial charge in [0.15, 0.2) is 11.2 Å². The molecule has 9 aromatic carbocycles. The topological polar surface area (TPSA) is 36.1 Å². The lowest BCUT2D eigenvalue weighted by Gasteiger charge is -2.22. The van der Waals surface area contributed by atoms with Crippen molar-refractivity contribution in [2.45, 2.75) is 19.3 Å². The molecule has 65 heavy (non-hydrogen) atoms. The Balaban J connectivity index is 0.861. The smallest absolute Gasteiger partial charge is 0.161 e. The first-order valence-electron chi connectivity index (χ1n) is 22.4. The molecule has 13 aromatic rings. The van der Waals surface area contributed by atoms with Crippen molar-refractivity contribution in [1.82, 2.24) is 9.13 Å². The molecule has 1 aliphatic rings. The first-order valence-corrected chi connectivity index (χ1v) is 22.4. The van der Waals surface area contributed by atoms with Gasteiger partial charge in [-0.2, -0.15) is 0 Å². The molecule has 4 aromatic heterocycles. The van der Waals surface area contributed by atoms with Crippen LogP contribution in [0.25, 0.3) is 122 Å². The second-order valence-electron chi connectivity index (χ2n) is 18.1. The second kappa shape index (κ2) is 13.3. The summed E-state index contributed by atoms with van der Waals surface area (Å²) in [5.74, 6) is 0. The SMILES string of the molecule is CC1(C)c2ccccc2-c2ccc(-n3c4ccc(-c5ccc(-c6ccc7c(c6)c6oc8ccccc8c6n7-c6ccc(-c7ccccc7)cc6)cc5)cc4c4oc5ccccc5c43)cc21. The Labute approximate surface area is 374 Å². The number of aromatic nitrogens is 2. The lowest BCUT2D eigenvalue weighted by atomic mass is 9.82. The third-order valence-electron chi connectivity index (χ3n) is 14.2. The molecule has 14 rings (SSSR count). The van der Waals surface area contributed by atoms with Crippen LogP contribution in [0.2, 0.25) is 0 Å². The van der Waals surface area contributed by atoms with Crippen molar-refractivity contribution < 1.29 is 8.83 Å². The molecule has 0 amide bonds. The summed E-state index contributed by atoms with van der Waals surface area (Å²) in [4.78, 5) is 0. The van der Waals surface area contributed by atoms with Gasteiger partial charge >= 0.3 is 0 Å². The Hall–Kier alpha value is -8.34. The van der Waals surface area contributed by atoms with Gasteiger partial charge in [0.2, 0.25) is 0 Å². The first kappa shape index (κ1) is 36.2. The van der Waals surface area contributed by atoms with Crippen LogP contribution in [0.3, 0.4) is 0 Å². The number of benzene rings is 9. The van der Waals surface area contributed by atoms with Crippen LogP contribution in [0, 0.1) is 0 Å². The molecule has 0 unspecified atom stereocenters. The number of hydrogen-bond acceptors (Lipinski definition) is 2. The van der Waals surface area contributed by atoms with Crippen molar-refractivity contribution in [3.05, 3.63) is 217 Å². The Morgan fingerprint density at radius 1 is 0.338 bits per heavy atom. The molecule has 4 heteroatoms. The summed E-state index contributed by atoms with van der Waals surface area (Å²) >= 11 is 0. The zero-order valence-corrected chi connectivity index (χ0v) is 35.8. The van der Waals surface area contributed by atoms with Crippen LogP contribution in [-0.4, -0.2) is 9.13 Å². The molecule has 0 saturated carbocycles. The number of fused-ring (bicyclic) bond motifs is 13. The maximum absolute atomic E-state index is 6.73. The van der Waals surface area contributed by atoms with E-state index in [2.05, 4.69) is 223 Å². The van der Waals surface area contributed by atoms with Gasteiger partial charge in [-0.3, -0.25) is 0 Å². The molecule has 0 radical (unpaired) electrons. The maximum atomic E-state index is 6.73. The summed E-state index contributed by atoms with van der Waals surface area (Å²) in [7, 11) is 0. The van der Waals surface area contributed by atoms with E-state index >= 15 is 0 Å². The summed E-state index contributed by atoms with van der Waals surface area (Å²) in [6.45, 7) is 4.69. The summed E-state index contributed by atoms with van der Waals surface area (Å²) in [6, 6.07) is 74.5. The summed E-state index contributed by atoms with van der Waals surface area (Å²) in [5, 5.41) is 4.40. The Morgan fingerprint density at radius 2 is 0.785 bits per heavy atom. The standard InChI is InChI=1S/C61H40N2O2/c1-61(2)51-17-9-6-14-45(51)46-31-30-44(36-52(46)61)63-54-33-27-42(35-50(54)60-58(63)48-16-8-11-19-56(48)65-60)40-22-20-39(21-23-40)41-26-32-53-49(34-41)59-57(47-15-7-10-18-55(47)64-59)62(53)43-28-24-38(25-29-43)37-12-4-3-5-13-37/h3-36H,1-2H3. The predicted octanol–water partition coefficient (Wildman–Crippen LogP) is 16.7. The fraction of sp³-hybridized carbons (Fsp3) is 0.0492. The third-order valence-corrected chi connectivity index (χ3v) is 14.2. The highest BCUT2D eigenvalue weighted by Crippen LogP contribution is 2.50. The van der Waals surface area contributed by atoms with Gasteiger partial charge in [-0.05, 0) is 128 Å². The van der Waals surface area contributed by atoms with E-state index in [-0.39, 0.29) is 5.41 Å². The van der Waals surface area contributed by atoms with E-state index in [1.54, 1.807) is 0 Å². The fourth-order valence-corrected chi connectivity index (χ4v) is 11.0. The zero-order valence-electron chi connectivity index (χ0n) is 35.8. The van der Waals surface area contributed by atoms with E-state index < -0.39 is 0 Å². The van der Waals surface area contributed by atoms with Gasteiger partial charge in [0.25, 0.3) is 0 Å². The highest BCUT2D eigenvalue weighted by Gasteiger charge is 2.35. The fourth-order valence-electron chi connectivity index (χ4n) is 11.0. The second-order valence-corrected chi connectivity index (χ2v) is 18.1. The molecule has 1 aliphatic carbocycles. The van der Waals surface area contributed by atoms with Crippen molar-refractivity contribution in [2.24, 2.45) is 0 Å². The van der Waals surface area contributed by atoms with Crippen LogP contribution >= 0.6 is 0 Å². The van der Waals surface area contributed by atoms with Crippen molar-refractivity contribution in [1.29, 1.82) is 0 Å². The van der Waals surface area contributed by atoms with Crippen LogP contribution in [0.15, 0.2) is 215 Å². The number of rotatable bonds is 5. The van der Waals surface area contributed by atoms with E-state index in [4.69, 9.17) is 8.83 Å². The van der Waals surface area contributed by atoms with E-state index in [9.17, 15) is 0 Å². The number of hydrogen-bond donors (Lipinski definition) is 0. The molecular formula is C61H40N2O2. The Morgan fingerprint density at radius 3 is 1.40 bits per heavy atom. The minimum Gasteiger partial charge on any atom is -0.454 e. The predicted molar refractivity (Wildman–Crippen MR) is 269 cm³/mol. The largest absolute Gasteiger partial charge is 0.454 e. The van der Waals surface area contributed by atoms with Crippen molar-refractivity contribution in [3.63, 3.8) is 0 Å². The molecule has 0 spiro atoms. The number of para-hydroxylation sites is 2. The quantitative estimate of drug-likeness (QED) is 0.173. The van der Waals surface area contributed by atoms with Gasteiger partial charge in [-0.15, -0.1) is 0 Å². The van der Waals surface area contributed by atoms with Gasteiger partial charge in [-0.1, -0.05) is 147 Å². The van der Waals surface area contributed by atoms with Gasteiger partial charge in [0, 0.05) is 38.3 Å². The molecule has 0 fully saturated rings. The summed E-state index contributed by atoms with van der Waals surface area (Å²) in [5.41, 5.74) is 22.5. The molecule has 0 saturated heterocycles. The molecule has 0 atom stereocenters. The average molecular weight is 833 g/mol. The normalized spacial score (nSPS) is 13.2. The van der Waals surface area contributed by atoms with E-state index in [0.29, 0.717) is 0 Å². The highest BCUT2D eigenvalue weighted by atomic mass is 16.3. The van der Waals surface area contributed by atoms with Gasteiger partial charge in [0.1, 0.15) is 22.2 Å². The molecule has 4 heterocycles. The molecule has 4 nitrogen and oxygen atoms in total. The average Bonchev–Trinajstić information content (AvgIpc) is 4.14. The van der Waals surface area contributed by atoms with E-state index in [0.717, 1.165) is 99.6 Å². The number of furan rings is 2. The minimum absolute atomic E-state index is 0.103. The summed E-state index contributed by atoms with van der Waals surface area (Å²) in [6.07, 6.45) is 0. The lowest BCUT2D eigenvalue weighted by molar-refractivity contribution is 0.660. The molecule has 0 N–H and O–H groups in total. The third kappa shape index (κ3) is 5.19. The molecular weight excluding hydrogens is 793 g/mol. The van der Waals surface area contributed by atoms with Crippen molar-refractivity contribution in [2.75, 3.05) is 0 Å². The number of nitrogens with zero attached hydrogens (tertiary/aromatic N) is 2. The monoisotopic (exact) mass is 832 g/mol. The van der Waals surface area contributed by atoms with E-state index in [1.807, 2.05) is 6.07 Å². The molecule has 306 valence electrons. The van der Waals surface area contributed by atoms with Crippen LogP contribution in [0.1, 0.15) is 25.0 Å². The van der Waals surface area contributed by atoms with E-state index in [1.165, 1.54) is 33.4 Å². The van der Waals surface area contributed by atoms with Crippen LogP contribution < -0.4 is 0 Å². The van der Waals surface area contributed by atoms with Gasteiger partial charge in [0.05, 0.1) is 11.0 Å². The Bertz CT molecular complexity index is 4060. The first-order chi connectivity index (χ1) is 32.0. The summed E-state index contributed by atoms with van der Waals surface area (Å²) < 4.78 is 18.1.